The first-order valence-corrected chi connectivity index (χ1v) is 11.4. The number of aryl methyl sites for hydroxylation is 2. The molecular weight excluding hydrogens is 400 g/mol. The predicted molar refractivity (Wildman–Crippen MR) is 121 cm³/mol. The molecule has 0 spiro atoms. The van der Waals surface area contributed by atoms with Gasteiger partial charge in [0, 0.05) is 11.3 Å². The van der Waals surface area contributed by atoms with E-state index in [-0.39, 0.29) is 48.1 Å². The summed E-state index contributed by atoms with van der Waals surface area (Å²) < 4.78 is 0. The molecule has 5 nitrogen and oxygen atoms in total. The Morgan fingerprint density at radius 2 is 1.56 bits per heavy atom. The number of amides is 3. The second-order valence-corrected chi connectivity index (χ2v) is 9.79. The van der Waals surface area contributed by atoms with Gasteiger partial charge in [-0.25, -0.2) is 0 Å². The topological polar surface area (TPSA) is 57.7 Å². The maximum atomic E-state index is 13.6. The summed E-state index contributed by atoms with van der Waals surface area (Å²) >= 11 is 0. The van der Waals surface area contributed by atoms with Gasteiger partial charge in [-0.2, -0.15) is 0 Å². The minimum atomic E-state index is -0.256. The van der Waals surface area contributed by atoms with Crippen molar-refractivity contribution >= 4 is 23.4 Å². The number of allylic oxidation sites excluding steroid dienone is 2. The van der Waals surface area contributed by atoms with Crippen LogP contribution in [0.1, 0.15) is 27.9 Å². The summed E-state index contributed by atoms with van der Waals surface area (Å²) in [7, 11) is 0. The van der Waals surface area contributed by atoms with E-state index in [0.717, 1.165) is 23.2 Å². The first kappa shape index (κ1) is 19.5. The van der Waals surface area contributed by atoms with Crippen molar-refractivity contribution in [2.75, 3.05) is 11.6 Å². The third-order valence-corrected chi connectivity index (χ3v) is 7.96. The molecule has 0 radical (unpaired) electrons. The van der Waals surface area contributed by atoms with Gasteiger partial charge in [0.05, 0.1) is 11.8 Å². The molecule has 162 valence electrons. The van der Waals surface area contributed by atoms with E-state index in [1.54, 1.807) is 17.0 Å². The fourth-order valence-electron chi connectivity index (χ4n) is 6.30. The zero-order valence-corrected chi connectivity index (χ0v) is 18.3. The molecule has 2 saturated carbocycles. The number of carbonyl (C=O) groups is 3. The quantitative estimate of drug-likeness (QED) is 0.549. The minimum absolute atomic E-state index is 0.0442. The van der Waals surface area contributed by atoms with E-state index >= 15 is 0 Å². The molecule has 3 amide bonds. The van der Waals surface area contributed by atoms with E-state index in [4.69, 9.17) is 0 Å². The average molecular weight is 427 g/mol. The van der Waals surface area contributed by atoms with Crippen LogP contribution in [-0.2, 0) is 9.59 Å². The lowest BCUT2D eigenvalue weighted by Crippen LogP contribution is -2.45. The SMILES string of the molecule is Cc1ccc(C)c(N(CN2C(=O)[C@H]3[C@@H]4C=C[C@@H]([C@H]5C[C@H]45)[C@@H]3C2=O)C(=O)c2ccccc2)c1. The van der Waals surface area contributed by atoms with Crippen LogP contribution in [0.25, 0.3) is 0 Å². The monoisotopic (exact) mass is 426 g/mol. The zero-order valence-electron chi connectivity index (χ0n) is 18.3. The molecule has 2 bridgehead atoms. The second-order valence-electron chi connectivity index (χ2n) is 9.79. The maximum Gasteiger partial charge on any atom is 0.259 e. The van der Waals surface area contributed by atoms with Gasteiger partial charge in [-0.1, -0.05) is 42.5 Å². The average Bonchev–Trinajstić information content (AvgIpc) is 3.59. The van der Waals surface area contributed by atoms with Gasteiger partial charge in [0.1, 0.15) is 6.67 Å². The van der Waals surface area contributed by atoms with Crippen molar-refractivity contribution in [1.29, 1.82) is 0 Å². The largest absolute Gasteiger partial charge is 0.289 e. The number of anilines is 1. The number of rotatable bonds is 4. The van der Waals surface area contributed by atoms with Gasteiger partial charge in [0.25, 0.3) is 5.91 Å². The van der Waals surface area contributed by atoms with Crippen LogP contribution in [0.5, 0.6) is 0 Å². The van der Waals surface area contributed by atoms with Crippen molar-refractivity contribution in [3.8, 4) is 0 Å². The molecule has 5 aliphatic rings. The van der Waals surface area contributed by atoms with Gasteiger partial charge >= 0.3 is 0 Å². The van der Waals surface area contributed by atoms with Crippen molar-refractivity contribution in [3.05, 3.63) is 77.4 Å². The molecule has 2 aromatic rings. The number of hydrogen-bond acceptors (Lipinski definition) is 3. The van der Waals surface area contributed by atoms with Crippen LogP contribution in [0.2, 0.25) is 0 Å². The molecule has 6 atom stereocenters. The Balaban J connectivity index is 1.37. The third kappa shape index (κ3) is 2.73. The third-order valence-electron chi connectivity index (χ3n) is 7.96. The Kier molecular flexibility index (Phi) is 4.19. The highest BCUT2D eigenvalue weighted by molar-refractivity contribution is 6.10. The number of likely N-dealkylation sites (tertiary alicyclic amines) is 1. The Morgan fingerprint density at radius 3 is 2.19 bits per heavy atom. The minimum Gasteiger partial charge on any atom is -0.289 e. The van der Waals surface area contributed by atoms with Gasteiger partial charge < -0.3 is 0 Å². The zero-order chi connectivity index (χ0) is 22.1. The summed E-state index contributed by atoms with van der Waals surface area (Å²) in [6.45, 7) is 3.88. The van der Waals surface area contributed by atoms with Crippen molar-refractivity contribution in [2.45, 2.75) is 20.3 Å². The first-order valence-electron chi connectivity index (χ1n) is 11.4. The van der Waals surface area contributed by atoms with Crippen molar-refractivity contribution in [1.82, 2.24) is 4.90 Å². The Labute approximate surface area is 187 Å². The van der Waals surface area contributed by atoms with Gasteiger partial charge in [-0.05, 0) is 73.3 Å². The second kappa shape index (κ2) is 6.89. The van der Waals surface area contributed by atoms with Crippen LogP contribution >= 0.6 is 0 Å². The van der Waals surface area contributed by atoms with E-state index in [9.17, 15) is 14.4 Å². The fraction of sp³-hybridized carbons (Fsp3) is 0.370. The molecule has 0 N–H and O–H groups in total. The van der Waals surface area contributed by atoms with Crippen molar-refractivity contribution in [2.24, 2.45) is 35.5 Å². The molecule has 32 heavy (non-hydrogen) atoms. The van der Waals surface area contributed by atoms with Crippen LogP contribution in [-0.4, -0.2) is 29.3 Å². The van der Waals surface area contributed by atoms with E-state index in [0.29, 0.717) is 17.4 Å². The highest BCUT2D eigenvalue weighted by Gasteiger charge is 2.67. The Hall–Kier alpha value is -3.21. The lowest BCUT2D eigenvalue weighted by molar-refractivity contribution is -0.140. The smallest absolute Gasteiger partial charge is 0.259 e. The highest BCUT2D eigenvalue weighted by Crippen LogP contribution is 2.65. The Bertz CT molecular complexity index is 1130. The normalized spacial score (nSPS) is 31.5. The first-order chi connectivity index (χ1) is 15.5. The number of carbonyl (C=O) groups excluding carboxylic acids is 3. The van der Waals surface area contributed by atoms with E-state index in [2.05, 4.69) is 12.2 Å². The Morgan fingerprint density at radius 1 is 0.938 bits per heavy atom. The summed E-state index contributed by atoms with van der Waals surface area (Å²) in [4.78, 5) is 43.6. The molecule has 1 heterocycles. The molecule has 3 fully saturated rings. The molecule has 1 saturated heterocycles. The molecule has 2 aromatic carbocycles. The molecule has 7 rings (SSSR count). The number of imide groups is 1. The predicted octanol–water partition coefficient (Wildman–Crippen LogP) is 3.96. The van der Waals surface area contributed by atoms with Crippen LogP contribution in [0, 0.1) is 49.4 Å². The molecule has 5 heteroatoms. The van der Waals surface area contributed by atoms with Crippen LogP contribution in [0.4, 0.5) is 5.69 Å². The van der Waals surface area contributed by atoms with Crippen LogP contribution < -0.4 is 4.90 Å². The fourth-order valence-corrected chi connectivity index (χ4v) is 6.30. The lowest BCUT2D eigenvalue weighted by atomic mass is 9.63. The van der Waals surface area contributed by atoms with E-state index < -0.39 is 0 Å². The van der Waals surface area contributed by atoms with Crippen LogP contribution in [0.15, 0.2) is 60.7 Å². The molecule has 0 aromatic heterocycles. The molecule has 1 aliphatic heterocycles. The van der Waals surface area contributed by atoms with Gasteiger partial charge in [-0.15, -0.1) is 0 Å². The standard InChI is InChI=1S/C27H26N2O3/c1-15-8-9-16(2)22(12-15)28(25(30)17-6-4-3-5-7-17)14-29-26(31)23-18-10-11-19(21-13-20(18)21)24(23)27(29)32/h3-12,18-21,23-24H,13-14H2,1-2H3/t18-,19+,20-,21-,23+,24+/m1/s1. The molecular formula is C27H26N2O3. The summed E-state index contributed by atoms with van der Waals surface area (Å²) in [5, 5.41) is 0. The highest BCUT2D eigenvalue weighted by atomic mass is 16.2. The summed E-state index contributed by atoms with van der Waals surface area (Å²) in [5.41, 5.74) is 3.22. The van der Waals surface area contributed by atoms with E-state index in [1.165, 1.54) is 4.90 Å². The summed E-state index contributed by atoms with van der Waals surface area (Å²) in [5.74, 6) is 0.529. The molecule has 0 unspecified atom stereocenters. The maximum absolute atomic E-state index is 13.6. The lowest BCUT2D eigenvalue weighted by Gasteiger charge is -2.37. The number of benzene rings is 2. The number of hydrogen-bond donors (Lipinski definition) is 0. The summed E-state index contributed by atoms with van der Waals surface area (Å²) in [6, 6.07) is 15.0. The van der Waals surface area contributed by atoms with Gasteiger partial charge in [0.15, 0.2) is 0 Å². The van der Waals surface area contributed by atoms with Crippen molar-refractivity contribution in [3.63, 3.8) is 0 Å². The summed E-state index contributed by atoms with van der Waals surface area (Å²) in [6.07, 6.45) is 5.48. The van der Waals surface area contributed by atoms with Crippen LogP contribution in [0.3, 0.4) is 0 Å². The van der Waals surface area contributed by atoms with E-state index in [1.807, 2.05) is 50.2 Å². The number of nitrogens with zero attached hydrogens (tertiary/aromatic N) is 2. The van der Waals surface area contributed by atoms with Crippen molar-refractivity contribution < 1.29 is 14.4 Å². The van der Waals surface area contributed by atoms with Gasteiger partial charge in [0.2, 0.25) is 11.8 Å². The molecule has 4 aliphatic carbocycles. The van der Waals surface area contributed by atoms with Gasteiger partial charge in [-0.3, -0.25) is 24.2 Å².